The number of benzene rings is 1. The Labute approximate surface area is 143 Å². The Kier molecular flexibility index (Phi) is 4.83. The Morgan fingerprint density at radius 2 is 1.92 bits per heavy atom. The molecule has 2 atom stereocenters. The van der Waals surface area contributed by atoms with Gasteiger partial charge in [0.1, 0.15) is 5.75 Å². The second-order valence-corrected chi connectivity index (χ2v) is 8.68. The monoisotopic (exact) mass is 352 g/mol. The molecule has 1 aliphatic heterocycles. The van der Waals surface area contributed by atoms with E-state index in [-0.39, 0.29) is 24.5 Å². The molecule has 0 spiro atoms. The van der Waals surface area contributed by atoms with Crippen LogP contribution < -0.4 is 9.46 Å². The van der Waals surface area contributed by atoms with Gasteiger partial charge in [0.05, 0.1) is 6.26 Å². The molecule has 1 heterocycles. The van der Waals surface area contributed by atoms with Gasteiger partial charge in [0.25, 0.3) is 5.91 Å². The van der Waals surface area contributed by atoms with E-state index in [2.05, 4.69) is 4.72 Å². The van der Waals surface area contributed by atoms with Crippen LogP contribution in [0.15, 0.2) is 24.3 Å². The number of carbonyl (C=O) groups excluding carboxylic acids is 1. The highest BCUT2D eigenvalue weighted by Gasteiger charge is 2.44. The molecule has 2 fully saturated rings. The van der Waals surface area contributed by atoms with E-state index >= 15 is 0 Å². The molecule has 24 heavy (non-hydrogen) atoms. The highest BCUT2D eigenvalue weighted by molar-refractivity contribution is 7.88. The van der Waals surface area contributed by atoms with Crippen molar-refractivity contribution in [3.8, 4) is 5.75 Å². The van der Waals surface area contributed by atoms with Crippen LogP contribution in [0, 0.1) is 18.8 Å². The summed E-state index contributed by atoms with van der Waals surface area (Å²) in [5, 5.41) is 0. The van der Waals surface area contributed by atoms with Gasteiger partial charge in [-0.15, -0.1) is 0 Å². The molecule has 132 valence electrons. The molecule has 0 bridgehead atoms. The third kappa shape index (κ3) is 4.48. The molecule has 2 aliphatic rings. The summed E-state index contributed by atoms with van der Waals surface area (Å²) in [4.78, 5) is 14.1. The van der Waals surface area contributed by atoms with E-state index in [4.69, 9.17) is 4.74 Å². The summed E-state index contributed by atoms with van der Waals surface area (Å²) >= 11 is 0. The molecule has 3 rings (SSSR count). The van der Waals surface area contributed by atoms with Gasteiger partial charge < -0.3 is 9.64 Å². The molecular weight excluding hydrogens is 328 g/mol. The number of nitrogens with one attached hydrogen (secondary N) is 1. The number of ether oxygens (including phenoxy) is 1. The first-order valence-electron chi connectivity index (χ1n) is 8.26. The smallest absolute Gasteiger partial charge is 0.260 e. The standard InChI is InChI=1S/C17H24N2O4S/c1-12-3-7-14(8-4-12)23-11-17(20)19-9-15(13-5-6-13)16(10-19)18-24(2,21)22/h3-4,7-8,13,15-16,18H,5-6,9-11H2,1-2H3/t15-,16+/m1/s1. The molecule has 1 N–H and O–H groups in total. The van der Waals surface area contributed by atoms with Crippen LogP contribution in [0.3, 0.4) is 0 Å². The lowest BCUT2D eigenvalue weighted by atomic mass is 9.99. The summed E-state index contributed by atoms with van der Waals surface area (Å²) in [5.41, 5.74) is 1.13. The van der Waals surface area contributed by atoms with Crippen molar-refractivity contribution in [2.45, 2.75) is 25.8 Å². The molecule has 1 aromatic carbocycles. The van der Waals surface area contributed by atoms with Crippen molar-refractivity contribution >= 4 is 15.9 Å². The van der Waals surface area contributed by atoms with Crippen molar-refractivity contribution in [2.75, 3.05) is 26.0 Å². The topological polar surface area (TPSA) is 75.7 Å². The number of nitrogens with zero attached hydrogens (tertiary/aromatic N) is 1. The zero-order valence-electron chi connectivity index (χ0n) is 14.1. The predicted molar refractivity (Wildman–Crippen MR) is 91.2 cm³/mol. The van der Waals surface area contributed by atoms with Crippen LogP contribution >= 0.6 is 0 Å². The molecule has 1 saturated carbocycles. The average molecular weight is 352 g/mol. The van der Waals surface area contributed by atoms with E-state index in [1.54, 1.807) is 4.90 Å². The minimum Gasteiger partial charge on any atom is -0.484 e. The summed E-state index contributed by atoms with van der Waals surface area (Å²) in [6.07, 6.45) is 3.41. The lowest BCUT2D eigenvalue weighted by Gasteiger charge is -2.17. The first kappa shape index (κ1) is 17.2. The average Bonchev–Trinajstić information content (AvgIpc) is 3.26. The maximum absolute atomic E-state index is 12.4. The highest BCUT2D eigenvalue weighted by atomic mass is 32.2. The van der Waals surface area contributed by atoms with E-state index in [9.17, 15) is 13.2 Å². The molecule has 1 aromatic rings. The predicted octanol–water partition coefficient (Wildman–Crippen LogP) is 1.16. The number of carbonyl (C=O) groups is 1. The summed E-state index contributed by atoms with van der Waals surface area (Å²) < 4.78 is 31.3. The zero-order chi connectivity index (χ0) is 17.3. The quantitative estimate of drug-likeness (QED) is 0.834. The molecule has 6 nitrogen and oxygen atoms in total. The number of rotatable bonds is 6. The fourth-order valence-electron chi connectivity index (χ4n) is 3.31. The molecule has 7 heteroatoms. The molecule has 1 amide bonds. The Balaban J connectivity index is 1.57. The van der Waals surface area contributed by atoms with Crippen molar-refractivity contribution in [1.29, 1.82) is 0 Å². The molecule has 0 unspecified atom stereocenters. The first-order chi connectivity index (χ1) is 11.3. The van der Waals surface area contributed by atoms with Gasteiger partial charge in [0, 0.05) is 19.1 Å². The fourth-order valence-corrected chi connectivity index (χ4v) is 4.10. The lowest BCUT2D eigenvalue weighted by molar-refractivity contribution is -0.132. The van der Waals surface area contributed by atoms with Crippen molar-refractivity contribution in [2.24, 2.45) is 11.8 Å². The number of likely N-dealkylation sites (tertiary alicyclic amines) is 1. The summed E-state index contributed by atoms with van der Waals surface area (Å²) in [6, 6.07) is 7.37. The van der Waals surface area contributed by atoms with Crippen molar-refractivity contribution in [3.05, 3.63) is 29.8 Å². The number of aryl methyl sites for hydroxylation is 1. The van der Waals surface area contributed by atoms with Crippen LogP contribution in [-0.2, 0) is 14.8 Å². The summed E-state index contributed by atoms with van der Waals surface area (Å²) in [7, 11) is -3.27. The maximum atomic E-state index is 12.4. The Morgan fingerprint density at radius 3 is 2.50 bits per heavy atom. The van der Waals surface area contributed by atoms with E-state index in [1.165, 1.54) is 6.26 Å². The van der Waals surface area contributed by atoms with Gasteiger partial charge in [-0.2, -0.15) is 0 Å². The molecule has 1 saturated heterocycles. The molecule has 0 aromatic heterocycles. The van der Waals surface area contributed by atoms with E-state index < -0.39 is 10.0 Å². The van der Waals surface area contributed by atoms with E-state index in [1.807, 2.05) is 31.2 Å². The minimum absolute atomic E-state index is 0.0218. The van der Waals surface area contributed by atoms with Gasteiger partial charge in [-0.05, 0) is 43.7 Å². The number of sulfonamides is 1. The van der Waals surface area contributed by atoms with Crippen molar-refractivity contribution < 1.29 is 17.9 Å². The van der Waals surface area contributed by atoms with E-state index in [0.717, 1.165) is 18.4 Å². The molecule has 0 radical (unpaired) electrons. The second kappa shape index (κ2) is 6.72. The van der Waals surface area contributed by atoms with Gasteiger partial charge in [-0.1, -0.05) is 17.7 Å². The number of amides is 1. The van der Waals surface area contributed by atoms with Crippen molar-refractivity contribution in [3.63, 3.8) is 0 Å². The lowest BCUT2D eigenvalue weighted by Crippen LogP contribution is -2.41. The van der Waals surface area contributed by atoms with Gasteiger partial charge in [0.2, 0.25) is 10.0 Å². The normalized spacial score (nSPS) is 24.2. The fraction of sp³-hybridized carbons (Fsp3) is 0.588. The van der Waals surface area contributed by atoms with E-state index in [0.29, 0.717) is 24.8 Å². The van der Waals surface area contributed by atoms with Crippen LogP contribution in [-0.4, -0.2) is 51.2 Å². The largest absolute Gasteiger partial charge is 0.484 e. The van der Waals surface area contributed by atoms with Crippen molar-refractivity contribution in [1.82, 2.24) is 9.62 Å². The summed E-state index contributed by atoms with van der Waals surface area (Å²) in [6.45, 7) is 3.00. The van der Waals surface area contributed by atoms with Gasteiger partial charge >= 0.3 is 0 Å². The zero-order valence-corrected chi connectivity index (χ0v) is 14.9. The van der Waals surface area contributed by atoms with Gasteiger partial charge in [-0.25, -0.2) is 13.1 Å². The van der Waals surface area contributed by atoms with Crippen LogP contribution in [0.5, 0.6) is 5.75 Å². The Bertz CT molecular complexity index is 698. The van der Waals surface area contributed by atoms with Crippen LogP contribution in [0.25, 0.3) is 0 Å². The van der Waals surface area contributed by atoms with Crippen LogP contribution in [0.4, 0.5) is 0 Å². The third-order valence-corrected chi connectivity index (χ3v) is 5.42. The SMILES string of the molecule is Cc1ccc(OCC(=O)N2C[C@H](NS(C)(=O)=O)[C@@H](C3CC3)C2)cc1. The molecule has 1 aliphatic carbocycles. The Morgan fingerprint density at radius 1 is 1.25 bits per heavy atom. The third-order valence-electron chi connectivity index (χ3n) is 4.69. The first-order valence-corrected chi connectivity index (χ1v) is 10.2. The van der Waals surface area contributed by atoms with Gasteiger partial charge in [-0.3, -0.25) is 4.79 Å². The van der Waals surface area contributed by atoms with Gasteiger partial charge in [0.15, 0.2) is 6.61 Å². The number of hydrogen-bond donors (Lipinski definition) is 1. The highest BCUT2D eigenvalue weighted by Crippen LogP contribution is 2.41. The van der Waals surface area contributed by atoms with Crippen LogP contribution in [0.2, 0.25) is 0 Å². The minimum atomic E-state index is -3.27. The number of hydrogen-bond acceptors (Lipinski definition) is 4. The molecular formula is C17H24N2O4S. The van der Waals surface area contributed by atoms with Crippen LogP contribution in [0.1, 0.15) is 18.4 Å². The second-order valence-electron chi connectivity index (χ2n) is 6.90. The maximum Gasteiger partial charge on any atom is 0.260 e. The Hall–Kier alpha value is -1.60. The summed E-state index contributed by atoms with van der Waals surface area (Å²) in [5.74, 6) is 1.31.